The average molecular weight is 432 g/mol. The number of nitrogens with one attached hydrogen (secondary N) is 1. The van der Waals surface area contributed by atoms with E-state index in [1.165, 1.54) is 0 Å². The van der Waals surface area contributed by atoms with E-state index in [2.05, 4.69) is 5.32 Å². The summed E-state index contributed by atoms with van der Waals surface area (Å²) in [7, 11) is 0. The molecule has 31 heavy (non-hydrogen) atoms. The minimum atomic E-state index is -0.937. The maximum absolute atomic E-state index is 13.7. The normalized spacial score (nSPS) is 12.8. The van der Waals surface area contributed by atoms with Crippen molar-refractivity contribution in [3.8, 4) is 11.5 Å². The molecule has 0 unspecified atom stereocenters. The lowest BCUT2D eigenvalue weighted by molar-refractivity contribution is -0.131. The number of fused-ring (bicyclic) bond motifs is 1. The molecular weight excluding hydrogens is 406 g/mol. The molecule has 1 heterocycles. The molecule has 0 fully saturated rings. The Kier molecular flexibility index (Phi) is 7.44. The molecule has 0 saturated carbocycles. The van der Waals surface area contributed by atoms with E-state index < -0.39 is 17.5 Å². The van der Waals surface area contributed by atoms with Gasteiger partial charge >= 0.3 is 0 Å². The van der Waals surface area contributed by atoms with Gasteiger partial charge in [-0.15, -0.1) is 0 Å². The van der Waals surface area contributed by atoms with Crippen LogP contribution in [0.25, 0.3) is 0 Å². The van der Waals surface area contributed by atoms with Gasteiger partial charge < -0.3 is 19.7 Å². The molecule has 0 aromatic heterocycles. The molecule has 0 bridgehead atoms. The zero-order chi connectivity index (χ0) is 22.4. The Morgan fingerprint density at radius 3 is 2.35 bits per heavy atom. The Bertz CT molecular complexity index is 965. The number of ether oxygens (including phenoxy) is 2. The zero-order valence-corrected chi connectivity index (χ0v) is 17.7. The van der Waals surface area contributed by atoms with Crippen molar-refractivity contribution in [3.63, 3.8) is 0 Å². The Labute approximate surface area is 180 Å². The Morgan fingerprint density at radius 2 is 1.71 bits per heavy atom. The van der Waals surface area contributed by atoms with Crippen LogP contribution >= 0.6 is 0 Å². The number of hydrogen-bond acceptors (Lipinski definition) is 4. The van der Waals surface area contributed by atoms with Crippen LogP contribution in [-0.2, 0) is 17.8 Å². The van der Waals surface area contributed by atoms with Crippen molar-refractivity contribution in [3.05, 3.63) is 58.7 Å². The molecule has 0 saturated heterocycles. The van der Waals surface area contributed by atoms with Crippen LogP contribution in [0.2, 0.25) is 0 Å². The molecule has 2 amide bonds. The fourth-order valence-electron chi connectivity index (χ4n) is 3.52. The molecular formula is C23H26F2N2O4. The lowest BCUT2D eigenvalue weighted by Gasteiger charge is -2.30. The predicted octanol–water partition coefficient (Wildman–Crippen LogP) is 3.47. The van der Waals surface area contributed by atoms with Gasteiger partial charge in [0.05, 0.1) is 18.8 Å². The van der Waals surface area contributed by atoms with Gasteiger partial charge in [-0.2, -0.15) is 0 Å². The molecule has 1 N–H and O–H groups in total. The molecule has 2 aromatic carbocycles. The van der Waals surface area contributed by atoms with Gasteiger partial charge in [0, 0.05) is 32.1 Å². The van der Waals surface area contributed by atoms with Crippen LogP contribution in [-0.4, -0.2) is 43.0 Å². The molecule has 2 aromatic rings. The van der Waals surface area contributed by atoms with E-state index in [-0.39, 0.29) is 24.4 Å². The summed E-state index contributed by atoms with van der Waals surface area (Å²) >= 11 is 0. The number of halogens is 2. The molecule has 1 aliphatic heterocycles. The minimum absolute atomic E-state index is 0.0608. The molecule has 6 nitrogen and oxygen atoms in total. The molecule has 8 heteroatoms. The first-order chi connectivity index (χ1) is 14.9. The van der Waals surface area contributed by atoms with Gasteiger partial charge in [-0.25, -0.2) is 8.78 Å². The fourth-order valence-corrected chi connectivity index (χ4v) is 3.52. The first-order valence-corrected chi connectivity index (χ1v) is 10.3. The van der Waals surface area contributed by atoms with Gasteiger partial charge in [-0.1, -0.05) is 0 Å². The van der Waals surface area contributed by atoms with Gasteiger partial charge in [0.2, 0.25) is 5.91 Å². The van der Waals surface area contributed by atoms with E-state index in [0.717, 1.165) is 23.3 Å². The fraction of sp³-hybridized carbons (Fsp3) is 0.391. The summed E-state index contributed by atoms with van der Waals surface area (Å²) in [6.07, 6.45) is 0.778. The van der Waals surface area contributed by atoms with E-state index in [1.807, 2.05) is 26.0 Å². The summed E-state index contributed by atoms with van der Waals surface area (Å²) in [5.41, 5.74) is 1.87. The lowest BCUT2D eigenvalue weighted by atomic mass is 9.98. The highest BCUT2D eigenvalue weighted by molar-refractivity contribution is 5.94. The Balaban J connectivity index is 1.58. The smallest absolute Gasteiger partial charge is 0.254 e. The van der Waals surface area contributed by atoms with Crippen molar-refractivity contribution in [1.82, 2.24) is 10.2 Å². The van der Waals surface area contributed by atoms with Gasteiger partial charge in [0.25, 0.3) is 5.91 Å². The van der Waals surface area contributed by atoms with Crippen molar-refractivity contribution >= 4 is 11.8 Å². The SMILES string of the molecule is CCOc1cc2c(cc1OCC)CN(C(=O)CCNC(=O)c1ccc(F)cc1F)CC2. The summed E-state index contributed by atoms with van der Waals surface area (Å²) in [5.74, 6) is -1.12. The summed E-state index contributed by atoms with van der Waals surface area (Å²) in [4.78, 5) is 26.4. The predicted molar refractivity (Wildman–Crippen MR) is 111 cm³/mol. The molecule has 0 atom stereocenters. The van der Waals surface area contributed by atoms with E-state index >= 15 is 0 Å². The van der Waals surface area contributed by atoms with Gasteiger partial charge in [0.15, 0.2) is 11.5 Å². The number of rotatable bonds is 8. The molecule has 166 valence electrons. The Hall–Kier alpha value is -3.16. The zero-order valence-electron chi connectivity index (χ0n) is 17.7. The minimum Gasteiger partial charge on any atom is -0.490 e. The molecule has 0 spiro atoms. The third-order valence-corrected chi connectivity index (χ3v) is 5.03. The lowest BCUT2D eigenvalue weighted by Crippen LogP contribution is -2.38. The number of nitrogens with zero attached hydrogens (tertiary/aromatic N) is 1. The van der Waals surface area contributed by atoms with E-state index in [0.29, 0.717) is 50.3 Å². The quantitative estimate of drug-likeness (QED) is 0.694. The second-order valence-corrected chi connectivity index (χ2v) is 7.13. The van der Waals surface area contributed by atoms with Crippen molar-refractivity contribution in [2.75, 3.05) is 26.3 Å². The maximum Gasteiger partial charge on any atom is 0.254 e. The van der Waals surface area contributed by atoms with Gasteiger partial charge in [0.1, 0.15) is 11.6 Å². The average Bonchev–Trinajstić information content (AvgIpc) is 2.74. The number of benzene rings is 2. The van der Waals surface area contributed by atoms with Crippen molar-refractivity contribution in [1.29, 1.82) is 0 Å². The van der Waals surface area contributed by atoms with Crippen LogP contribution in [0.15, 0.2) is 30.3 Å². The second-order valence-electron chi connectivity index (χ2n) is 7.13. The third kappa shape index (κ3) is 5.51. The molecule has 0 radical (unpaired) electrons. The molecule has 1 aliphatic rings. The third-order valence-electron chi connectivity index (χ3n) is 5.03. The second kappa shape index (κ2) is 10.2. The van der Waals surface area contributed by atoms with E-state index in [9.17, 15) is 18.4 Å². The number of carbonyl (C=O) groups is 2. The van der Waals surface area contributed by atoms with E-state index in [1.54, 1.807) is 4.90 Å². The summed E-state index contributed by atoms with van der Waals surface area (Å²) in [5, 5.41) is 2.51. The first kappa shape index (κ1) is 22.5. The Morgan fingerprint density at radius 1 is 1.03 bits per heavy atom. The number of carbonyl (C=O) groups excluding carboxylic acids is 2. The van der Waals surface area contributed by atoms with Crippen LogP contribution in [0.1, 0.15) is 41.8 Å². The topological polar surface area (TPSA) is 67.9 Å². The first-order valence-electron chi connectivity index (χ1n) is 10.3. The van der Waals surface area contributed by atoms with E-state index in [4.69, 9.17) is 9.47 Å². The highest BCUT2D eigenvalue weighted by atomic mass is 19.1. The summed E-state index contributed by atoms with van der Waals surface area (Å²) in [6.45, 7) is 5.93. The highest BCUT2D eigenvalue weighted by Crippen LogP contribution is 2.34. The van der Waals surface area contributed by atoms with Crippen molar-refractivity contribution in [2.24, 2.45) is 0 Å². The molecule has 3 rings (SSSR count). The summed E-state index contributed by atoms with van der Waals surface area (Å²) in [6, 6.07) is 6.64. The monoisotopic (exact) mass is 432 g/mol. The van der Waals surface area contributed by atoms with Crippen LogP contribution in [0.3, 0.4) is 0 Å². The maximum atomic E-state index is 13.7. The van der Waals surface area contributed by atoms with Crippen molar-refractivity contribution in [2.45, 2.75) is 33.2 Å². The van der Waals surface area contributed by atoms with Crippen LogP contribution < -0.4 is 14.8 Å². The molecule has 0 aliphatic carbocycles. The van der Waals surface area contributed by atoms with Crippen LogP contribution in [0.5, 0.6) is 11.5 Å². The van der Waals surface area contributed by atoms with Gasteiger partial charge in [-0.05, 0) is 55.7 Å². The van der Waals surface area contributed by atoms with Gasteiger partial charge in [-0.3, -0.25) is 9.59 Å². The van der Waals surface area contributed by atoms with Crippen molar-refractivity contribution < 1.29 is 27.8 Å². The van der Waals surface area contributed by atoms with Crippen LogP contribution in [0, 0.1) is 11.6 Å². The highest BCUT2D eigenvalue weighted by Gasteiger charge is 2.23. The standard InChI is InChI=1S/C23H26F2N2O4/c1-3-30-20-11-15-8-10-27(14-16(15)12-21(20)31-4-2)22(28)7-9-26-23(29)18-6-5-17(24)13-19(18)25/h5-6,11-13H,3-4,7-10,14H2,1-2H3,(H,26,29). The summed E-state index contributed by atoms with van der Waals surface area (Å²) < 4.78 is 38.0. The number of amides is 2. The largest absolute Gasteiger partial charge is 0.490 e. The number of hydrogen-bond donors (Lipinski definition) is 1. The van der Waals surface area contributed by atoms with Crippen LogP contribution in [0.4, 0.5) is 8.78 Å².